The molecule has 1 aliphatic heterocycles. The second-order valence-corrected chi connectivity index (χ2v) is 7.80. The van der Waals surface area contributed by atoms with Gasteiger partial charge in [0.05, 0.1) is 4.90 Å². The second-order valence-electron chi connectivity index (χ2n) is 5.87. The maximum atomic E-state index is 12.6. The summed E-state index contributed by atoms with van der Waals surface area (Å²) in [6.45, 7) is 5.89. The average molecular weight is 324 g/mol. The zero-order valence-electron chi connectivity index (χ0n) is 13.2. The monoisotopic (exact) mass is 324 g/mol. The van der Waals surface area contributed by atoms with Crippen molar-refractivity contribution in [3.05, 3.63) is 29.8 Å². The molecule has 0 unspecified atom stereocenters. The van der Waals surface area contributed by atoms with Gasteiger partial charge in [0.1, 0.15) is 0 Å². The van der Waals surface area contributed by atoms with E-state index >= 15 is 0 Å². The van der Waals surface area contributed by atoms with Crippen LogP contribution in [0.1, 0.15) is 43.5 Å². The molecule has 0 aliphatic carbocycles. The number of nitrogens with zero attached hydrogens (tertiary/aromatic N) is 1. The van der Waals surface area contributed by atoms with Crippen LogP contribution in [0.3, 0.4) is 0 Å². The van der Waals surface area contributed by atoms with E-state index in [-0.39, 0.29) is 10.8 Å². The average Bonchev–Trinajstić information content (AvgIpc) is 2.53. The van der Waals surface area contributed by atoms with Crippen molar-refractivity contribution in [2.45, 2.75) is 38.0 Å². The van der Waals surface area contributed by atoms with Gasteiger partial charge in [0.2, 0.25) is 10.0 Å². The maximum absolute atomic E-state index is 12.6. The molecule has 0 atom stereocenters. The van der Waals surface area contributed by atoms with E-state index in [1.807, 2.05) is 6.92 Å². The Hall–Kier alpha value is -1.40. The molecule has 1 aliphatic rings. The Morgan fingerprint density at radius 3 is 2.36 bits per heavy atom. The Kier molecular flexibility index (Phi) is 5.58. The van der Waals surface area contributed by atoms with E-state index in [1.54, 1.807) is 16.4 Å². The summed E-state index contributed by atoms with van der Waals surface area (Å²) in [7, 11) is -3.44. The highest BCUT2D eigenvalue weighted by molar-refractivity contribution is 7.89. The zero-order valence-corrected chi connectivity index (χ0v) is 14.0. The second kappa shape index (κ2) is 7.24. The molecule has 122 valence electrons. The summed E-state index contributed by atoms with van der Waals surface area (Å²) in [6.07, 6.45) is 2.67. The number of carbonyl (C=O) groups is 1. The Morgan fingerprint density at radius 2 is 1.82 bits per heavy atom. The first kappa shape index (κ1) is 17.0. The highest BCUT2D eigenvalue weighted by Gasteiger charge is 2.28. The van der Waals surface area contributed by atoms with Crippen LogP contribution in [0.5, 0.6) is 0 Å². The summed E-state index contributed by atoms with van der Waals surface area (Å²) in [5.74, 6) is 0.411. The highest BCUT2D eigenvalue weighted by atomic mass is 32.2. The largest absolute Gasteiger partial charge is 0.352 e. The molecule has 2 rings (SSSR count). The van der Waals surface area contributed by atoms with E-state index in [0.717, 1.165) is 19.3 Å². The van der Waals surface area contributed by atoms with Crippen LogP contribution in [0, 0.1) is 5.92 Å². The van der Waals surface area contributed by atoms with Gasteiger partial charge in [-0.05, 0) is 49.4 Å². The van der Waals surface area contributed by atoms with Crippen LogP contribution >= 0.6 is 0 Å². The molecule has 1 fully saturated rings. The zero-order chi connectivity index (χ0) is 16.2. The molecule has 1 aromatic rings. The molecule has 0 spiro atoms. The number of sulfonamides is 1. The number of benzene rings is 1. The fourth-order valence-electron chi connectivity index (χ4n) is 2.49. The van der Waals surface area contributed by atoms with Crippen LogP contribution in [0.15, 0.2) is 29.2 Å². The lowest BCUT2D eigenvalue weighted by Gasteiger charge is -2.29. The van der Waals surface area contributed by atoms with E-state index in [2.05, 4.69) is 12.2 Å². The fourth-order valence-corrected chi connectivity index (χ4v) is 3.96. The number of nitrogens with one attached hydrogen (secondary N) is 1. The van der Waals surface area contributed by atoms with Crippen LogP contribution < -0.4 is 5.32 Å². The lowest BCUT2D eigenvalue weighted by molar-refractivity contribution is 0.0953. The molecule has 0 saturated carbocycles. The number of hydrogen-bond acceptors (Lipinski definition) is 3. The van der Waals surface area contributed by atoms with Gasteiger partial charge in [-0.3, -0.25) is 4.79 Å². The Bertz CT molecular complexity index is 603. The van der Waals surface area contributed by atoms with Crippen molar-refractivity contribution in [2.75, 3.05) is 19.6 Å². The molecule has 0 radical (unpaired) electrons. The van der Waals surface area contributed by atoms with E-state index < -0.39 is 10.0 Å². The Balaban J connectivity index is 2.10. The van der Waals surface area contributed by atoms with Gasteiger partial charge in [-0.1, -0.05) is 13.8 Å². The first-order valence-electron chi connectivity index (χ1n) is 7.83. The molecule has 1 heterocycles. The maximum Gasteiger partial charge on any atom is 0.251 e. The minimum atomic E-state index is -3.44. The van der Waals surface area contributed by atoms with Crippen LogP contribution in [0.25, 0.3) is 0 Å². The number of amides is 1. The summed E-state index contributed by atoms with van der Waals surface area (Å²) in [5.41, 5.74) is 0.486. The summed E-state index contributed by atoms with van der Waals surface area (Å²) >= 11 is 0. The van der Waals surface area contributed by atoms with Crippen LogP contribution in [0.2, 0.25) is 0 Å². The minimum absolute atomic E-state index is 0.169. The van der Waals surface area contributed by atoms with Crippen molar-refractivity contribution < 1.29 is 13.2 Å². The number of piperidine rings is 1. The molecule has 22 heavy (non-hydrogen) atoms. The molecule has 0 bridgehead atoms. The van der Waals surface area contributed by atoms with Crippen molar-refractivity contribution in [1.82, 2.24) is 9.62 Å². The van der Waals surface area contributed by atoms with Crippen molar-refractivity contribution in [3.63, 3.8) is 0 Å². The lowest BCUT2D eigenvalue weighted by Crippen LogP contribution is -2.37. The summed E-state index contributed by atoms with van der Waals surface area (Å²) in [5, 5.41) is 2.78. The standard InChI is InChI=1S/C16H24N2O3S/c1-3-10-17-16(19)14-4-6-15(7-5-14)22(20,21)18-11-8-13(2)9-12-18/h4-7,13H,3,8-12H2,1-2H3,(H,17,19). The summed E-state index contributed by atoms with van der Waals surface area (Å²) < 4.78 is 26.7. The van der Waals surface area contributed by atoms with Gasteiger partial charge in [-0.2, -0.15) is 4.31 Å². The highest BCUT2D eigenvalue weighted by Crippen LogP contribution is 2.23. The van der Waals surface area contributed by atoms with Gasteiger partial charge in [0, 0.05) is 25.2 Å². The third-order valence-corrected chi connectivity index (χ3v) is 5.95. The summed E-state index contributed by atoms with van der Waals surface area (Å²) in [4.78, 5) is 12.1. The molecule has 0 aromatic heterocycles. The van der Waals surface area contributed by atoms with Crippen LogP contribution in [-0.2, 0) is 10.0 Å². The fraction of sp³-hybridized carbons (Fsp3) is 0.562. The number of carbonyl (C=O) groups excluding carboxylic acids is 1. The van der Waals surface area contributed by atoms with E-state index in [0.29, 0.717) is 31.1 Å². The van der Waals surface area contributed by atoms with Gasteiger partial charge < -0.3 is 5.32 Å². The van der Waals surface area contributed by atoms with Crippen LogP contribution in [-0.4, -0.2) is 38.3 Å². The Labute approximate surface area is 132 Å². The van der Waals surface area contributed by atoms with Crippen molar-refractivity contribution in [2.24, 2.45) is 5.92 Å². The number of rotatable bonds is 5. The predicted molar refractivity (Wildman–Crippen MR) is 86.2 cm³/mol. The van der Waals surface area contributed by atoms with Crippen LogP contribution in [0.4, 0.5) is 0 Å². The quantitative estimate of drug-likeness (QED) is 0.903. The minimum Gasteiger partial charge on any atom is -0.352 e. The molecule has 1 aromatic carbocycles. The van der Waals surface area contributed by atoms with Gasteiger partial charge in [0.15, 0.2) is 0 Å². The first-order chi connectivity index (χ1) is 10.4. The molecule has 6 heteroatoms. The van der Waals surface area contributed by atoms with Crippen molar-refractivity contribution in [3.8, 4) is 0 Å². The van der Waals surface area contributed by atoms with E-state index in [1.165, 1.54) is 12.1 Å². The van der Waals surface area contributed by atoms with E-state index in [4.69, 9.17) is 0 Å². The molecule has 1 saturated heterocycles. The third kappa shape index (κ3) is 3.87. The van der Waals surface area contributed by atoms with E-state index in [9.17, 15) is 13.2 Å². The summed E-state index contributed by atoms with van der Waals surface area (Å²) in [6, 6.07) is 6.19. The molecular formula is C16H24N2O3S. The molecule has 1 N–H and O–H groups in total. The van der Waals surface area contributed by atoms with Gasteiger partial charge >= 0.3 is 0 Å². The topological polar surface area (TPSA) is 66.5 Å². The normalized spacial score (nSPS) is 17.4. The Morgan fingerprint density at radius 1 is 1.23 bits per heavy atom. The number of hydrogen-bond donors (Lipinski definition) is 1. The van der Waals surface area contributed by atoms with Gasteiger partial charge in [0.25, 0.3) is 5.91 Å². The lowest BCUT2D eigenvalue weighted by atomic mass is 10.0. The molecule has 1 amide bonds. The SMILES string of the molecule is CCCNC(=O)c1ccc(S(=O)(=O)N2CCC(C)CC2)cc1. The van der Waals surface area contributed by atoms with Gasteiger partial charge in [-0.15, -0.1) is 0 Å². The van der Waals surface area contributed by atoms with Crippen molar-refractivity contribution >= 4 is 15.9 Å². The molecule has 5 nitrogen and oxygen atoms in total. The smallest absolute Gasteiger partial charge is 0.251 e. The predicted octanol–water partition coefficient (Wildman–Crippen LogP) is 2.25. The third-order valence-electron chi connectivity index (χ3n) is 4.03. The van der Waals surface area contributed by atoms with Gasteiger partial charge in [-0.25, -0.2) is 8.42 Å². The van der Waals surface area contributed by atoms with Crippen molar-refractivity contribution in [1.29, 1.82) is 0 Å². The molecular weight excluding hydrogens is 300 g/mol. The first-order valence-corrected chi connectivity index (χ1v) is 9.27.